The van der Waals surface area contributed by atoms with Gasteiger partial charge in [0.2, 0.25) is 5.91 Å². The smallest absolute Gasteiger partial charge is 0.238 e. The van der Waals surface area contributed by atoms with Crippen molar-refractivity contribution in [3.8, 4) is 11.5 Å². The fourth-order valence-corrected chi connectivity index (χ4v) is 4.13. The van der Waals surface area contributed by atoms with Crippen molar-refractivity contribution in [1.29, 1.82) is 0 Å². The molecule has 1 aliphatic carbocycles. The van der Waals surface area contributed by atoms with Crippen LogP contribution in [0.5, 0.6) is 11.5 Å². The molecule has 5 heteroatoms. The van der Waals surface area contributed by atoms with E-state index in [-0.39, 0.29) is 5.91 Å². The number of aryl methyl sites for hydroxylation is 2. The number of ether oxygens (including phenoxy) is 2. The van der Waals surface area contributed by atoms with Crippen molar-refractivity contribution in [3.63, 3.8) is 0 Å². The zero-order chi connectivity index (χ0) is 18.8. The number of methoxy groups -OCH3 is 2. The molecule has 2 aromatic rings. The summed E-state index contributed by atoms with van der Waals surface area (Å²) in [5.74, 6) is 1.54. The first kappa shape index (κ1) is 17.9. The molecule has 2 aliphatic rings. The Labute approximate surface area is 160 Å². The third kappa shape index (κ3) is 3.78. The van der Waals surface area contributed by atoms with Gasteiger partial charge in [-0.05, 0) is 72.2 Å². The van der Waals surface area contributed by atoms with Crippen LogP contribution in [0.2, 0.25) is 0 Å². The molecule has 1 aliphatic heterocycles. The highest BCUT2D eigenvalue weighted by Gasteiger charge is 2.21. The van der Waals surface area contributed by atoms with Gasteiger partial charge in [0.25, 0.3) is 0 Å². The average molecular weight is 366 g/mol. The molecule has 1 heterocycles. The van der Waals surface area contributed by atoms with E-state index < -0.39 is 0 Å². The van der Waals surface area contributed by atoms with E-state index in [0.29, 0.717) is 6.54 Å². The molecule has 0 atom stereocenters. The summed E-state index contributed by atoms with van der Waals surface area (Å²) >= 11 is 0. The van der Waals surface area contributed by atoms with Gasteiger partial charge in [-0.25, -0.2) is 0 Å². The summed E-state index contributed by atoms with van der Waals surface area (Å²) in [4.78, 5) is 14.7. The van der Waals surface area contributed by atoms with Gasteiger partial charge in [-0.15, -0.1) is 0 Å². The van der Waals surface area contributed by atoms with Crippen LogP contribution < -0.4 is 14.8 Å². The van der Waals surface area contributed by atoms with Crippen molar-refractivity contribution in [1.82, 2.24) is 4.90 Å². The molecular formula is C22H26N2O3. The second-order valence-corrected chi connectivity index (χ2v) is 7.32. The summed E-state index contributed by atoms with van der Waals surface area (Å²) in [5, 5.41) is 3.06. The Hall–Kier alpha value is -2.53. The van der Waals surface area contributed by atoms with Crippen molar-refractivity contribution >= 4 is 11.6 Å². The minimum atomic E-state index is 0.0388. The molecule has 0 saturated heterocycles. The molecule has 0 fully saturated rings. The van der Waals surface area contributed by atoms with Gasteiger partial charge in [-0.3, -0.25) is 9.69 Å². The Morgan fingerprint density at radius 1 is 0.963 bits per heavy atom. The Morgan fingerprint density at radius 2 is 1.67 bits per heavy atom. The summed E-state index contributed by atoms with van der Waals surface area (Å²) in [6.07, 6.45) is 4.40. The van der Waals surface area contributed by atoms with Gasteiger partial charge in [-0.2, -0.15) is 0 Å². The van der Waals surface area contributed by atoms with E-state index in [1.54, 1.807) is 14.2 Å². The van der Waals surface area contributed by atoms with Crippen molar-refractivity contribution in [2.75, 3.05) is 32.6 Å². The number of benzene rings is 2. The van der Waals surface area contributed by atoms with E-state index in [1.165, 1.54) is 28.7 Å². The molecule has 0 aromatic heterocycles. The number of hydrogen-bond donors (Lipinski definition) is 1. The van der Waals surface area contributed by atoms with Crippen LogP contribution in [0.1, 0.15) is 28.7 Å². The van der Waals surface area contributed by atoms with Gasteiger partial charge in [0.1, 0.15) is 0 Å². The summed E-state index contributed by atoms with van der Waals surface area (Å²) in [6, 6.07) is 10.4. The second-order valence-electron chi connectivity index (χ2n) is 7.32. The first-order chi connectivity index (χ1) is 13.2. The largest absolute Gasteiger partial charge is 0.493 e. The highest BCUT2D eigenvalue weighted by atomic mass is 16.5. The number of amides is 1. The van der Waals surface area contributed by atoms with E-state index in [1.807, 2.05) is 12.1 Å². The highest BCUT2D eigenvalue weighted by molar-refractivity contribution is 5.92. The molecule has 0 spiro atoms. The molecule has 0 bridgehead atoms. The van der Waals surface area contributed by atoms with Gasteiger partial charge >= 0.3 is 0 Å². The molecule has 0 saturated carbocycles. The van der Waals surface area contributed by atoms with Crippen LogP contribution in [0.15, 0.2) is 30.3 Å². The molecular weight excluding hydrogens is 340 g/mol. The topological polar surface area (TPSA) is 50.8 Å². The monoisotopic (exact) mass is 366 g/mol. The normalized spacial score (nSPS) is 15.8. The molecule has 1 amide bonds. The van der Waals surface area contributed by atoms with Gasteiger partial charge in [0, 0.05) is 18.8 Å². The number of hydrogen-bond acceptors (Lipinski definition) is 4. The van der Waals surface area contributed by atoms with E-state index in [9.17, 15) is 4.79 Å². The number of anilines is 1. The van der Waals surface area contributed by atoms with E-state index in [0.717, 1.165) is 49.5 Å². The Kier molecular flexibility index (Phi) is 5.03. The van der Waals surface area contributed by atoms with Crippen molar-refractivity contribution < 1.29 is 14.3 Å². The SMILES string of the molecule is COc1cc2c(cc1OC)CN(CC(=O)Nc1ccc3c(c1)CCC3)CC2. The molecule has 2 aromatic carbocycles. The third-order valence-corrected chi connectivity index (χ3v) is 5.55. The van der Waals surface area contributed by atoms with Crippen LogP contribution in [-0.2, 0) is 30.6 Å². The molecule has 4 rings (SSSR count). The van der Waals surface area contributed by atoms with Crippen LogP contribution >= 0.6 is 0 Å². The lowest BCUT2D eigenvalue weighted by Gasteiger charge is -2.29. The summed E-state index contributed by atoms with van der Waals surface area (Å²) < 4.78 is 10.8. The quantitative estimate of drug-likeness (QED) is 0.883. The number of fused-ring (bicyclic) bond motifs is 2. The zero-order valence-electron chi connectivity index (χ0n) is 16.0. The number of carbonyl (C=O) groups excluding carboxylic acids is 1. The van der Waals surface area contributed by atoms with Crippen molar-refractivity contribution in [2.24, 2.45) is 0 Å². The van der Waals surface area contributed by atoms with Crippen LogP contribution in [0.3, 0.4) is 0 Å². The number of nitrogens with one attached hydrogen (secondary N) is 1. The van der Waals surface area contributed by atoms with E-state index in [2.05, 4.69) is 28.4 Å². The lowest BCUT2D eigenvalue weighted by molar-refractivity contribution is -0.117. The van der Waals surface area contributed by atoms with Crippen LogP contribution in [0.4, 0.5) is 5.69 Å². The van der Waals surface area contributed by atoms with Crippen LogP contribution in [0.25, 0.3) is 0 Å². The van der Waals surface area contributed by atoms with Gasteiger partial charge < -0.3 is 14.8 Å². The first-order valence-electron chi connectivity index (χ1n) is 9.54. The Morgan fingerprint density at radius 3 is 2.44 bits per heavy atom. The van der Waals surface area contributed by atoms with E-state index in [4.69, 9.17) is 9.47 Å². The molecule has 27 heavy (non-hydrogen) atoms. The first-order valence-corrected chi connectivity index (χ1v) is 9.54. The average Bonchev–Trinajstić information content (AvgIpc) is 3.14. The second kappa shape index (κ2) is 7.61. The summed E-state index contributed by atoms with van der Waals surface area (Å²) in [7, 11) is 3.30. The molecule has 5 nitrogen and oxygen atoms in total. The Bertz CT molecular complexity index is 863. The van der Waals surface area contributed by atoms with Gasteiger partial charge in [-0.1, -0.05) is 6.07 Å². The predicted octanol–water partition coefficient (Wildman–Crippen LogP) is 3.19. The van der Waals surface area contributed by atoms with E-state index >= 15 is 0 Å². The van der Waals surface area contributed by atoms with Gasteiger partial charge in [0.15, 0.2) is 11.5 Å². The zero-order valence-corrected chi connectivity index (χ0v) is 16.0. The maximum atomic E-state index is 12.5. The lowest BCUT2D eigenvalue weighted by Crippen LogP contribution is -2.37. The fraction of sp³-hybridized carbons (Fsp3) is 0.409. The number of rotatable bonds is 5. The maximum absolute atomic E-state index is 12.5. The van der Waals surface area contributed by atoms with Crippen molar-refractivity contribution in [2.45, 2.75) is 32.2 Å². The third-order valence-electron chi connectivity index (χ3n) is 5.55. The fourth-order valence-electron chi connectivity index (χ4n) is 4.13. The maximum Gasteiger partial charge on any atom is 0.238 e. The Balaban J connectivity index is 1.40. The van der Waals surface area contributed by atoms with Crippen LogP contribution in [0, 0.1) is 0 Å². The lowest BCUT2D eigenvalue weighted by atomic mass is 9.99. The summed E-state index contributed by atoms with van der Waals surface area (Å²) in [5.41, 5.74) is 6.17. The highest BCUT2D eigenvalue weighted by Crippen LogP contribution is 2.33. The standard InChI is InChI=1S/C22H26N2O3/c1-26-20-11-17-8-9-24(13-18(17)12-21(20)27-2)14-22(25)23-19-7-6-15-4-3-5-16(15)10-19/h6-7,10-12H,3-5,8-9,13-14H2,1-2H3,(H,23,25). The molecule has 0 radical (unpaired) electrons. The number of carbonyl (C=O) groups is 1. The summed E-state index contributed by atoms with van der Waals surface area (Å²) in [6.45, 7) is 2.00. The molecule has 142 valence electrons. The van der Waals surface area contributed by atoms with Gasteiger partial charge in [0.05, 0.1) is 20.8 Å². The molecule has 1 N–H and O–H groups in total. The molecule has 0 unspecified atom stereocenters. The number of nitrogens with zero attached hydrogens (tertiary/aromatic N) is 1. The predicted molar refractivity (Wildman–Crippen MR) is 106 cm³/mol. The van der Waals surface area contributed by atoms with Crippen molar-refractivity contribution in [3.05, 3.63) is 52.6 Å². The minimum absolute atomic E-state index is 0.0388. The van der Waals surface area contributed by atoms with Crippen LogP contribution in [-0.4, -0.2) is 38.1 Å². The minimum Gasteiger partial charge on any atom is -0.493 e.